The molecule has 138 valence electrons. The molecule has 0 radical (unpaired) electrons. The molecule has 3 aromatic rings. The molecule has 7 heteroatoms. The molecule has 0 fully saturated rings. The van der Waals surface area contributed by atoms with Crippen LogP contribution >= 0.6 is 23.2 Å². The van der Waals surface area contributed by atoms with Crippen molar-refractivity contribution in [2.75, 3.05) is 5.32 Å². The Hall–Kier alpha value is -2.76. The Morgan fingerprint density at radius 1 is 1.04 bits per heavy atom. The molecule has 0 saturated carbocycles. The average Bonchev–Trinajstić information content (AvgIpc) is 2.85. The highest BCUT2D eigenvalue weighted by atomic mass is 35.5. The van der Waals surface area contributed by atoms with Gasteiger partial charge >= 0.3 is 0 Å². The van der Waals surface area contributed by atoms with E-state index in [1.54, 1.807) is 36.9 Å². The molecule has 27 heavy (non-hydrogen) atoms. The van der Waals surface area contributed by atoms with E-state index in [-0.39, 0.29) is 11.2 Å². The summed E-state index contributed by atoms with van der Waals surface area (Å²) in [5, 5.41) is 3.53. The molecule has 0 unspecified atom stereocenters. The normalized spacial score (nSPS) is 11.1. The van der Waals surface area contributed by atoms with Gasteiger partial charge in [0.1, 0.15) is 5.69 Å². The third-order valence-electron chi connectivity index (χ3n) is 4.20. The summed E-state index contributed by atoms with van der Waals surface area (Å²) in [4.78, 5) is 25.1. The average molecular weight is 402 g/mol. The minimum absolute atomic E-state index is 0.223. The van der Waals surface area contributed by atoms with Crippen LogP contribution in [0, 0.1) is 6.92 Å². The molecule has 0 aliphatic heterocycles. The van der Waals surface area contributed by atoms with Gasteiger partial charge in [0, 0.05) is 28.7 Å². The van der Waals surface area contributed by atoms with Crippen LogP contribution in [-0.4, -0.2) is 15.3 Å². The summed E-state index contributed by atoms with van der Waals surface area (Å²) >= 11 is 12.2. The molecule has 0 aliphatic rings. The van der Waals surface area contributed by atoms with Gasteiger partial charge in [-0.15, -0.1) is 0 Å². The van der Waals surface area contributed by atoms with Crippen molar-refractivity contribution in [3.05, 3.63) is 86.3 Å². The van der Waals surface area contributed by atoms with Crippen molar-refractivity contribution in [1.29, 1.82) is 0 Å². The lowest BCUT2D eigenvalue weighted by Crippen LogP contribution is -2.22. The smallest absolute Gasteiger partial charge is 0.295 e. The summed E-state index contributed by atoms with van der Waals surface area (Å²) in [6.07, 6.45) is 2.82. The number of nitrogens with one attached hydrogen (secondary N) is 1. The molecular formula is C20H17Cl2N3O2. The maximum Gasteiger partial charge on any atom is 0.295 e. The number of anilines is 1. The lowest BCUT2D eigenvalue weighted by atomic mass is 10.2. The molecule has 0 saturated heterocycles. The van der Waals surface area contributed by atoms with E-state index in [2.05, 4.69) is 5.32 Å². The maximum absolute atomic E-state index is 12.8. The topological polar surface area (TPSA) is 56.0 Å². The van der Waals surface area contributed by atoms with Crippen molar-refractivity contribution in [3.63, 3.8) is 0 Å². The summed E-state index contributed by atoms with van der Waals surface area (Å²) in [7, 11) is 1.76. The molecule has 1 aromatic heterocycles. The van der Waals surface area contributed by atoms with Crippen molar-refractivity contribution in [1.82, 2.24) is 9.36 Å². The van der Waals surface area contributed by atoms with Crippen LogP contribution in [0.3, 0.4) is 0 Å². The zero-order chi connectivity index (χ0) is 19.6. The number of hydrogen-bond acceptors (Lipinski definition) is 2. The molecule has 0 aliphatic carbocycles. The largest absolute Gasteiger partial charge is 0.316 e. The fourth-order valence-corrected chi connectivity index (χ4v) is 3.23. The fraction of sp³-hybridized carbons (Fsp3) is 0.100. The van der Waals surface area contributed by atoms with E-state index in [1.165, 1.54) is 16.8 Å². The van der Waals surface area contributed by atoms with Gasteiger partial charge < -0.3 is 5.32 Å². The van der Waals surface area contributed by atoms with Crippen molar-refractivity contribution < 1.29 is 4.79 Å². The van der Waals surface area contributed by atoms with Crippen molar-refractivity contribution in [2.45, 2.75) is 6.92 Å². The van der Waals surface area contributed by atoms with Gasteiger partial charge in [0.25, 0.3) is 5.56 Å². The van der Waals surface area contributed by atoms with E-state index in [4.69, 9.17) is 23.2 Å². The van der Waals surface area contributed by atoms with Crippen LogP contribution in [0.2, 0.25) is 10.0 Å². The first-order valence-corrected chi connectivity index (χ1v) is 8.93. The summed E-state index contributed by atoms with van der Waals surface area (Å²) in [6.45, 7) is 1.77. The number of nitrogens with zero attached hydrogens (tertiary/aromatic N) is 2. The lowest BCUT2D eigenvalue weighted by Gasteiger charge is -2.07. The van der Waals surface area contributed by atoms with Gasteiger partial charge in [0.2, 0.25) is 5.91 Å². The molecule has 0 atom stereocenters. The zero-order valence-electron chi connectivity index (χ0n) is 14.7. The van der Waals surface area contributed by atoms with Gasteiger partial charge in [-0.05, 0) is 37.3 Å². The Bertz CT molecular complexity index is 1060. The monoisotopic (exact) mass is 401 g/mol. The second-order valence-corrected chi connectivity index (χ2v) is 6.71. The van der Waals surface area contributed by atoms with Crippen LogP contribution in [0.15, 0.2) is 59.4 Å². The molecule has 0 bridgehead atoms. The van der Waals surface area contributed by atoms with Crippen molar-refractivity contribution >= 4 is 40.9 Å². The molecule has 3 rings (SSSR count). The van der Waals surface area contributed by atoms with E-state index in [0.717, 1.165) is 0 Å². The van der Waals surface area contributed by atoms with Crippen LogP contribution in [0.5, 0.6) is 0 Å². The Morgan fingerprint density at radius 2 is 1.67 bits per heavy atom. The highest BCUT2D eigenvalue weighted by Gasteiger charge is 2.17. The molecule has 1 amide bonds. The summed E-state index contributed by atoms with van der Waals surface area (Å²) in [5.74, 6) is -0.447. The number of hydrogen-bond donors (Lipinski definition) is 1. The first kappa shape index (κ1) is 19.0. The number of carbonyl (C=O) groups excluding carboxylic acids is 1. The fourth-order valence-electron chi connectivity index (χ4n) is 2.71. The minimum atomic E-state index is -0.447. The predicted molar refractivity (Wildman–Crippen MR) is 110 cm³/mol. The Kier molecular flexibility index (Phi) is 5.54. The molecule has 1 N–H and O–H groups in total. The number of halogens is 2. The first-order valence-electron chi connectivity index (χ1n) is 8.17. The van der Waals surface area contributed by atoms with Crippen LogP contribution < -0.4 is 10.9 Å². The molecule has 0 spiro atoms. The molecule has 1 heterocycles. The second-order valence-electron chi connectivity index (χ2n) is 5.89. The third kappa shape index (κ3) is 3.84. The third-order valence-corrected chi connectivity index (χ3v) is 4.86. The van der Waals surface area contributed by atoms with Gasteiger partial charge in [0.05, 0.1) is 11.4 Å². The molecular weight excluding hydrogens is 385 g/mol. The van der Waals surface area contributed by atoms with Crippen molar-refractivity contribution in [2.24, 2.45) is 7.05 Å². The number of para-hydroxylation sites is 1. The number of rotatable bonds is 4. The number of aromatic nitrogens is 2. The quantitative estimate of drug-likeness (QED) is 0.656. The van der Waals surface area contributed by atoms with E-state index in [9.17, 15) is 9.59 Å². The van der Waals surface area contributed by atoms with E-state index in [0.29, 0.717) is 27.0 Å². The molecule has 2 aromatic carbocycles. The minimum Gasteiger partial charge on any atom is -0.316 e. The Labute approximate surface area is 166 Å². The number of carbonyl (C=O) groups is 1. The van der Waals surface area contributed by atoms with Crippen LogP contribution in [-0.2, 0) is 11.8 Å². The van der Waals surface area contributed by atoms with Gasteiger partial charge in [-0.25, -0.2) is 4.68 Å². The highest BCUT2D eigenvalue weighted by molar-refractivity contribution is 6.37. The van der Waals surface area contributed by atoms with Gasteiger partial charge in [-0.2, -0.15) is 0 Å². The predicted octanol–water partition coefficient (Wildman–Crippen LogP) is 4.44. The van der Waals surface area contributed by atoms with E-state index in [1.807, 2.05) is 30.3 Å². The highest BCUT2D eigenvalue weighted by Crippen LogP contribution is 2.25. The second kappa shape index (κ2) is 7.86. The maximum atomic E-state index is 12.8. The number of amides is 1. The van der Waals surface area contributed by atoms with Gasteiger partial charge in [0.15, 0.2) is 0 Å². The van der Waals surface area contributed by atoms with E-state index >= 15 is 0 Å². The van der Waals surface area contributed by atoms with Crippen LogP contribution in [0.25, 0.3) is 11.8 Å². The Morgan fingerprint density at radius 3 is 2.30 bits per heavy atom. The summed E-state index contributed by atoms with van der Waals surface area (Å²) in [6, 6.07) is 14.3. The Balaban J connectivity index is 1.89. The summed E-state index contributed by atoms with van der Waals surface area (Å²) in [5.41, 5.74) is 1.82. The molecule has 5 nitrogen and oxygen atoms in total. The van der Waals surface area contributed by atoms with Gasteiger partial charge in [-0.3, -0.25) is 14.3 Å². The number of benzene rings is 2. The summed E-state index contributed by atoms with van der Waals surface area (Å²) < 4.78 is 3.20. The van der Waals surface area contributed by atoms with Crippen LogP contribution in [0.4, 0.5) is 5.69 Å². The van der Waals surface area contributed by atoms with Crippen molar-refractivity contribution in [3.8, 4) is 5.69 Å². The first-order chi connectivity index (χ1) is 12.9. The van der Waals surface area contributed by atoms with Gasteiger partial charge in [-0.1, -0.05) is 47.5 Å². The zero-order valence-corrected chi connectivity index (χ0v) is 16.3. The van der Waals surface area contributed by atoms with E-state index < -0.39 is 5.91 Å². The lowest BCUT2D eigenvalue weighted by molar-refractivity contribution is -0.111. The van der Waals surface area contributed by atoms with Crippen LogP contribution in [0.1, 0.15) is 11.3 Å². The SMILES string of the molecule is Cc1c(NC(=O)C=Cc2c(Cl)cccc2Cl)c(=O)n(-c2ccccc2)n1C. The standard InChI is InChI=1S/C20H17Cl2N3O2/c1-13-19(20(27)25(24(13)2)14-7-4-3-5-8-14)23-18(26)12-11-15-16(21)9-6-10-17(15)22/h3-12H,1-2H3,(H,23,26).